The number of hydrogen-bond donors (Lipinski definition) is 0. The Morgan fingerprint density at radius 3 is 2.00 bits per heavy atom. The van der Waals surface area contributed by atoms with Gasteiger partial charge in [0.05, 0.1) is 0 Å². The van der Waals surface area contributed by atoms with Crippen molar-refractivity contribution in [2.24, 2.45) is 0 Å². The molecule has 0 amide bonds. The van der Waals surface area contributed by atoms with Crippen LogP contribution in [0.25, 0.3) is 0 Å². The number of carbonyl (C=O) groups excluding carboxylic acids is 2. The van der Waals surface area contributed by atoms with Crippen LogP contribution in [0.3, 0.4) is 0 Å². The van der Waals surface area contributed by atoms with Crippen molar-refractivity contribution in [3.05, 3.63) is 0 Å². The molecule has 0 bridgehead atoms. The molecule has 0 heterocycles. The number of hydrogen-bond acceptors (Lipinski definition) is 4. The van der Waals surface area contributed by atoms with Crippen LogP contribution in [0.4, 0.5) is 0 Å². The van der Waals surface area contributed by atoms with Crippen molar-refractivity contribution in [3.8, 4) is 0 Å². The van der Waals surface area contributed by atoms with Crippen LogP contribution in [0.1, 0.15) is 46.5 Å². The lowest BCUT2D eigenvalue weighted by atomic mass is 10.4. The van der Waals surface area contributed by atoms with Gasteiger partial charge < -0.3 is 9.47 Å². The zero-order valence-electron chi connectivity index (χ0n) is 11.7. The van der Waals surface area contributed by atoms with Crippen LogP contribution in [0.15, 0.2) is 0 Å². The van der Waals surface area contributed by atoms with Gasteiger partial charge in [0.1, 0.15) is 11.5 Å². The Labute approximate surface area is 113 Å². The Balaban J connectivity index is 3.88. The van der Waals surface area contributed by atoms with Crippen LogP contribution in [-0.2, 0) is 30.0 Å². The van der Waals surface area contributed by atoms with E-state index >= 15 is 0 Å². The molecular formula is C13H25O4S+. The summed E-state index contributed by atoms with van der Waals surface area (Å²) in [7, 11) is 0.116. The molecule has 0 aromatic carbocycles. The second kappa shape index (κ2) is 11.4. The predicted molar refractivity (Wildman–Crippen MR) is 74.5 cm³/mol. The molecule has 0 aliphatic heterocycles. The summed E-state index contributed by atoms with van der Waals surface area (Å²) in [4.78, 5) is 22.1. The third-order valence-corrected chi connectivity index (χ3v) is 4.75. The fourth-order valence-corrected chi connectivity index (χ4v) is 3.63. The number of carbonyl (C=O) groups is 2. The molecule has 4 nitrogen and oxygen atoms in total. The minimum atomic E-state index is -0.432. The van der Waals surface area contributed by atoms with Crippen molar-refractivity contribution >= 4 is 22.8 Å². The van der Waals surface area contributed by atoms with Crippen molar-refractivity contribution in [1.29, 1.82) is 0 Å². The number of rotatable bonds is 10. The molecule has 0 spiro atoms. The van der Waals surface area contributed by atoms with Gasteiger partial charge in [0.25, 0.3) is 0 Å². The summed E-state index contributed by atoms with van der Waals surface area (Å²) >= 11 is 0. The van der Waals surface area contributed by atoms with Gasteiger partial charge in [-0.15, -0.1) is 0 Å². The van der Waals surface area contributed by atoms with Crippen molar-refractivity contribution < 1.29 is 19.1 Å². The van der Waals surface area contributed by atoms with Crippen LogP contribution in [-0.4, -0.2) is 36.0 Å². The summed E-state index contributed by atoms with van der Waals surface area (Å²) in [5, 5.41) is 0. The summed E-state index contributed by atoms with van der Waals surface area (Å²) in [5.74, 6) is 1.96. The highest BCUT2D eigenvalue weighted by Crippen LogP contribution is 2.06. The van der Waals surface area contributed by atoms with Gasteiger partial charge in [-0.3, -0.25) is 4.79 Å². The van der Waals surface area contributed by atoms with Crippen molar-refractivity contribution in [3.63, 3.8) is 0 Å². The van der Waals surface area contributed by atoms with E-state index in [4.69, 9.17) is 4.74 Å². The van der Waals surface area contributed by atoms with Gasteiger partial charge in [0, 0.05) is 6.92 Å². The molecule has 0 radical (unpaired) electrons. The Bertz CT molecular complexity index is 235. The van der Waals surface area contributed by atoms with E-state index in [0.29, 0.717) is 5.75 Å². The van der Waals surface area contributed by atoms with Gasteiger partial charge in [0.2, 0.25) is 12.5 Å². The fraction of sp³-hybridized carbons (Fsp3) is 0.846. The summed E-state index contributed by atoms with van der Waals surface area (Å²) in [6, 6.07) is 0. The van der Waals surface area contributed by atoms with Gasteiger partial charge >= 0.3 is 11.9 Å². The Hall–Kier alpha value is -0.710. The molecule has 0 aliphatic carbocycles. The lowest BCUT2D eigenvalue weighted by molar-refractivity contribution is -0.163. The lowest BCUT2D eigenvalue weighted by Gasteiger charge is -2.08. The molecule has 0 rings (SSSR count). The summed E-state index contributed by atoms with van der Waals surface area (Å²) < 4.78 is 9.45. The average molecular weight is 277 g/mol. The highest BCUT2D eigenvalue weighted by molar-refractivity contribution is 7.97. The summed E-state index contributed by atoms with van der Waals surface area (Å²) in [5.41, 5.74) is 0. The lowest BCUT2D eigenvalue weighted by Crippen LogP contribution is -2.25. The minimum Gasteiger partial charge on any atom is -0.428 e. The van der Waals surface area contributed by atoms with Crippen molar-refractivity contribution in [2.45, 2.75) is 46.5 Å². The molecule has 0 unspecified atom stereocenters. The van der Waals surface area contributed by atoms with E-state index in [1.165, 1.54) is 6.92 Å². The smallest absolute Gasteiger partial charge is 0.359 e. The van der Waals surface area contributed by atoms with Crippen LogP contribution in [0.5, 0.6) is 0 Å². The van der Waals surface area contributed by atoms with E-state index in [1.54, 1.807) is 0 Å². The Kier molecular flexibility index (Phi) is 10.9. The monoisotopic (exact) mass is 277 g/mol. The average Bonchev–Trinajstić information content (AvgIpc) is 2.32. The predicted octanol–water partition coefficient (Wildman–Crippen LogP) is 2.27. The molecule has 5 heteroatoms. The third-order valence-electron chi connectivity index (χ3n) is 2.38. The van der Waals surface area contributed by atoms with E-state index in [9.17, 15) is 9.59 Å². The molecule has 0 N–H and O–H groups in total. The molecule has 0 fully saturated rings. The van der Waals surface area contributed by atoms with Gasteiger partial charge in [-0.05, 0) is 23.7 Å². The maximum Gasteiger partial charge on any atom is 0.359 e. The molecular weight excluding hydrogens is 252 g/mol. The Morgan fingerprint density at radius 1 is 1.00 bits per heavy atom. The van der Waals surface area contributed by atoms with E-state index in [2.05, 4.69) is 18.6 Å². The minimum absolute atomic E-state index is 0.116. The van der Waals surface area contributed by atoms with E-state index in [1.807, 2.05) is 0 Å². The summed E-state index contributed by atoms with van der Waals surface area (Å²) in [6.45, 7) is 5.34. The van der Waals surface area contributed by atoms with E-state index in [-0.39, 0.29) is 23.7 Å². The molecule has 0 aliphatic rings. The van der Waals surface area contributed by atoms with Crippen LogP contribution in [0, 0.1) is 0 Å². The maximum absolute atomic E-state index is 11.6. The topological polar surface area (TPSA) is 52.6 Å². The SMILES string of the molecule is CCCC[S+](CCCC)CC(=O)OCOC(C)=O. The van der Waals surface area contributed by atoms with Crippen LogP contribution >= 0.6 is 0 Å². The van der Waals surface area contributed by atoms with Gasteiger partial charge in [-0.25, -0.2) is 4.79 Å². The first-order valence-corrected chi connectivity index (χ1v) is 8.26. The molecule has 0 saturated heterocycles. The maximum atomic E-state index is 11.6. The fourth-order valence-electron chi connectivity index (χ4n) is 1.33. The quantitative estimate of drug-likeness (QED) is 0.349. The second-order valence-corrected chi connectivity index (χ2v) is 6.47. The largest absolute Gasteiger partial charge is 0.428 e. The molecule has 106 valence electrons. The zero-order chi connectivity index (χ0) is 13.8. The molecule has 0 atom stereocenters. The first-order chi connectivity index (χ1) is 8.60. The normalized spacial score (nSPS) is 10.4. The van der Waals surface area contributed by atoms with Crippen LogP contribution < -0.4 is 0 Å². The third kappa shape index (κ3) is 10.4. The Morgan fingerprint density at radius 2 is 1.56 bits per heavy atom. The highest BCUT2D eigenvalue weighted by atomic mass is 32.2. The van der Waals surface area contributed by atoms with Crippen molar-refractivity contribution in [1.82, 2.24) is 0 Å². The zero-order valence-corrected chi connectivity index (χ0v) is 12.5. The second-order valence-electron chi connectivity index (χ2n) is 4.14. The van der Waals surface area contributed by atoms with Gasteiger partial charge in [-0.1, -0.05) is 26.7 Å². The summed E-state index contributed by atoms with van der Waals surface area (Å²) in [6.07, 6.45) is 4.62. The van der Waals surface area contributed by atoms with E-state index < -0.39 is 5.97 Å². The van der Waals surface area contributed by atoms with Gasteiger partial charge in [0.15, 0.2) is 0 Å². The van der Waals surface area contributed by atoms with Crippen LogP contribution in [0.2, 0.25) is 0 Å². The molecule has 0 aromatic rings. The van der Waals surface area contributed by atoms with Crippen molar-refractivity contribution in [2.75, 3.05) is 24.1 Å². The molecule has 18 heavy (non-hydrogen) atoms. The highest BCUT2D eigenvalue weighted by Gasteiger charge is 2.22. The molecule has 0 aromatic heterocycles. The van der Waals surface area contributed by atoms with E-state index in [0.717, 1.165) is 37.2 Å². The number of unbranched alkanes of at least 4 members (excludes halogenated alkanes) is 2. The number of ether oxygens (including phenoxy) is 2. The van der Waals surface area contributed by atoms with Gasteiger partial charge in [-0.2, -0.15) is 0 Å². The molecule has 0 saturated carbocycles. The first kappa shape index (κ1) is 17.3. The first-order valence-electron chi connectivity index (χ1n) is 6.53. The standard InChI is InChI=1S/C13H25O4S/c1-4-6-8-18(9-7-5-2)10-13(15)17-11-16-12(3)14/h4-11H2,1-3H3/q+1. The number of esters is 2.